The lowest BCUT2D eigenvalue weighted by Gasteiger charge is -2.11. The largest absolute Gasteiger partial charge is 0.351 e. The maximum absolute atomic E-state index is 12.9. The molecule has 0 bridgehead atoms. The minimum absolute atomic E-state index is 0.0320. The number of sulfone groups is 1. The highest BCUT2D eigenvalue weighted by Crippen LogP contribution is 2.30. The summed E-state index contributed by atoms with van der Waals surface area (Å²) in [7, 11) is -1.74. The smallest absolute Gasteiger partial charge is 0.217 e. The quantitative estimate of drug-likeness (QED) is 0.376. The number of hydrogen-bond acceptors (Lipinski definition) is 7. The number of carbonyl (C=O) groups is 1. The SMILES string of the molecule is CCN(C)c1ncc(S(=O)(=O)c2ccc(CCC(=O)c3ccc4nccn4c3)cc2)s1. The number of anilines is 1. The van der Waals surface area contributed by atoms with Gasteiger partial charge >= 0.3 is 0 Å². The molecule has 0 aliphatic heterocycles. The summed E-state index contributed by atoms with van der Waals surface area (Å²) in [4.78, 5) is 23.0. The Hall–Kier alpha value is -3.04. The van der Waals surface area contributed by atoms with Crippen LogP contribution in [0.4, 0.5) is 5.13 Å². The molecule has 31 heavy (non-hydrogen) atoms. The zero-order valence-electron chi connectivity index (χ0n) is 17.2. The van der Waals surface area contributed by atoms with Crippen molar-refractivity contribution < 1.29 is 13.2 Å². The van der Waals surface area contributed by atoms with Gasteiger partial charge in [-0.15, -0.1) is 0 Å². The van der Waals surface area contributed by atoms with Gasteiger partial charge in [0.05, 0.1) is 11.1 Å². The molecule has 4 rings (SSSR count). The summed E-state index contributed by atoms with van der Waals surface area (Å²) < 4.78 is 27.8. The first kappa shape index (κ1) is 21.2. The second kappa shape index (κ2) is 8.60. The van der Waals surface area contributed by atoms with Crippen LogP contribution in [0.25, 0.3) is 5.65 Å². The van der Waals surface area contributed by atoms with E-state index in [1.165, 1.54) is 6.20 Å². The molecule has 0 saturated carbocycles. The van der Waals surface area contributed by atoms with Gasteiger partial charge in [-0.1, -0.05) is 23.5 Å². The third kappa shape index (κ3) is 4.38. The molecule has 9 heteroatoms. The van der Waals surface area contributed by atoms with Gasteiger partial charge in [-0.05, 0) is 43.2 Å². The lowest BCUT2D eigenvalue weighted by atomic mass is 10.0. The molecule has 0 aliphatic rings. The summed E-state index contributed by atoms with van der Waals surface area (Å²) in [5, 5.41) is 0.671. The van der Waals surface area contributed by atoms with Gasteiger partial charge in [-0.2, -0.15) is 0 Å². The van der Waals surface area contributed by atoms with Gasteiger partial charge in [0.15, 0.2) is 10.9 Å². The molecule has 0 amide bonds. The fourth-order valence-electron chi connectivity index (χ4n) is 3.13. The van der Waals surface area contributed by atoms with Gasteiger partial charge in [0.2, 0.25) is 9.84 Å². The van der Waals surface area contributed by atoms with Crippen LogP contribution in [0.5, 0.6) is 0 Å². The van der Waals surface area contributed by atoms with E-state index < -0.39 is 9.84 Å². The first-order chi connectivity index (χ1) is 14.9. The van der Waals surface area contributed by atoms with Crippen LogP contribution in [-0.4, -0.2) is 42.2 Å². The number of benzene rings is 1. The maximum Gasteiger partial charge on any atom is 0.217 e. The van der Waals surface area contributed by atoms with Crippen molar-refractivity contribution in [3.8, 4) is 0 Å². The van der Waals surface area contributed by atoms with Crippen LogP contribution < -0.4 is 4.90 Å². The number of imidazole rings is 1. The summed E-state index contributed by atoms with van der Waals surface area (Å²) in [6.45, 7) is 2.73. The van der Waals surface area contributed by atoms with Crippen molar-refractivity contribution in [2.45, 2.75) is 28.9 Å². The summed E-state index contributed by atoms with van der Waals surface area (Å²) >= 11 is 1.16. The van der Waals surface area contributed by atoms with Crippen LogP contribution in [0.1, 0.15) is 29.3 Å². The molecule has 0 unspecified atom stereocenters. The summed E-state index contributed by atoms with van der Waals surface area (Å²) in [6.07, 6.45) is 7.55. The molecule has 0 fully saturated rings. The Morgan fingerprint density at radius 3 is 2.65 bits per heavy atom. The summed E-state index contributed by atoms with van der Waals surface area (Å²) in [5.74, 6) is 0.0320. The van der Waals surface area contributed by atoms with E-state index in [2.05, 4.69) is 9.97 Å². The number of ketones is 1. The molecule has 0 radical (unpaired) electrons. The van der Waals surface area contributed by atoms with Crippen LogP contribution in [-0.2, 0) is 16.3 Å². The minimum atomic E-state index is -3.61. The highest BCUT2D eigenvalue weighted by atomic mass is 32.2. The fourth-order valence-corrected chi connectivity index (χ4v) is 5.67. The van der Waals surface area contributed by atoms with E-state index in [0.29, 0.717) is 23.5 Å². The topological polar surface area (TPSA) is 84.6 Å². The van der Waals surface area contributed by atoms with Crippen molar-refractivity contribution in [3.63, 3.8) is 0 Å². The Labute approximate surface area is 184 Å². The molecule has 0 aliphatic carbocycles. The first-order valence-corrected chi connectivity index (χ1v) is 12.2. The summed E-state index contributed by atoms with van der Waals surface area (Å²) in [6, 6.07) is 10.3. The van der Waals surface area contributed by atoms with Crippen molar-refractivity contribution in [1.29, 1.82) is 0 Å². The van der Waals surface area contributed by atoms with E-state index in [4.69, 9.17) is 0 Å². The van der Waals surface area contributed by atoms with E-state index in [0.717, 1.165) is 29.1 Å². The normalized spacial score (nSPS) is 11.7. The number of aromatic nitrogens is 3. The number of rotatable bonds is 8. The average molecular weight is 455 g/mol. The number of pyridine rings is 1. The molecular formula is C22H22N4O3S2. The van der Waals surface area contributed by atoms with E-state index in [1.807, 2.05) is 29.3 Å². The zero-order valence-corrected chi connectivity index (χ0v) is 18.9. The van der Waals surface area contributed by atoms with Crippen molar-refractivity contribution in [3.05, 3.63) is 72.3 Å². The second-order valence-corrected chi connectivity index (χ2v) is 10.3. The Morgan fingerprint density at radius 2 is 1.90 bits per heavy atom. The van der Waals surface area contributed by atoms with Crippen molar-refractivity contribution in [2.24, 2.45) is 0 Å². The predicted molar refractivity (Wildman–Crippen MR) is 121 cm³/mol. The Bertz CT molecular complexity index is 1320. The highest BCUT2D eigenvalue weighted by molar-refractivity contribution is 7.93. The number of carbonyl (C=O) groups excluding carboxylic acids is 1. The molecule has 3 aromatic heterocycles. The van der Waals surface area contributed by atoms with Gasteiger partial charge in [-0.3, -0.25) is 4.79 Å². The monoisotopic (exact) mass is 454 g/mol. The number of nitrogens with zero attached hydrogens (tertiary/aromatic N) is 4. The Balaban J connectivity index is 1.43. The molecule has 4 aromatic rings. The third-order valence-corrected chi connectivity index (χ3v) is 8.47. The van der Waals surface area contributed by atoms with E-state index in [1.54, 1.807) is 48.9 Å². The molecule has 3 heterocycles. The van der Waals surface area contributed by atoms with Crippen LogP contribution >= 0.6 is 11.3 Å². The molecule has 160 valence electrons. The zero-order chi connectivity index (χ0) is 22.0. The minimum Gasteiger partial charge on any atom is -0.351 e. The standard InChI is InChI=1S/C22H22N4O3S2/c1-3-25(2)22-24-14-21(30-22)31(28,29)18-8-4-16(5-9-18)6-10-19(27)17-7-11-20-23-12-13-26(20)15-17/h4-5,7-9,11-15H,3,6,10H2,1-2H3. The lowest BCUT2D eigenvalue weighted by Crippen LogP contribution is -2.14. The van der Waals surface area contributed by atoms with Crippen LogP contribution in [0.3, 0.4) is 0 Å². The van der Waals surface area contributed by atoms with Crippen molar-refractivity contribution in [2.75, 3.05) is 18.5 Å². The number of thiazole rings is 1. The Morgan fingerprint density at radius 1 is 1.13 bits per heavy atom. The van der Waals surface area contributed by atoms with E-state index >= 15 is 0 Å². The van der Waals surface area contributed by atoms with Crippen molar-refractivity contribution in [1.82, 2.24) is 14.4 Å². The number of Topliss-reactive ketones (excluding diaryl/α,β-unsaturated/α-hetero) is 1. The third-order valence-electron chi connectivity index (χ3n) is 5.12. The molecule has 7 nitrogen and oxygen atoms in total. The maximum atomic E-state index is 12.9. The highest BCUT2D eigenvalue weighted by Gasteiger charge is 2.21. The van der Waals surface area contributed by atoms with Crippen molar-refractivity contribution >= 4 is 37.7 Å². The Kier molecular flexibility index (Phi) is 5.88. The van der Waals surface area contributed by atoms with Crippen LogP contribution in [0.15, 0.2) is 70.3 Å². The summed E-state index contributed by atoms with van der Waals surface area (Å²) in [5.41, 5.74) is 2.33. The average Bonchev–Trinajstić information content (AvgIpc) is 3.46. The number of fused-ring (bicyclic) bond motifs is 1. The van der Waals surface area contributed by atoms with Gasteiger partial charge in [-0.25, -0.2) is 18.4 Å². The molecule has 0 atom stereocenters. The predicted octanol–water partition coefficient (Wildman–Crippen LogP) is 3.90. The van der Waals surface area contributed by atoms with E-state index in [-0.39, 0.29) is 14.9 Å². The van der Waals surface area contributed by atoms with Gasteiger partial charge in [0.25, 0.3) is 0 Å². The van der Waals surface area contributed by atoms with Gasteiger partial charge in [0.1, 0.15) is 9.86 Å². The molecule has 1 aromatic carbocycles. The van der Waals surface area contributed by atoms with Gasteiger partial charge in [0, 0.05) is 44.2 Å². The molecule has 0 saturated heterocycles. The second-order valence-electron chi connectivity index (χ2n) is 7.16. The van der Waals surface area contributed by atoms with Gasteiger partial charge < -0.3 is 9.30 Å². The molecular weight excluding hydrogens is 432 g/mol. The van der Waals surface area contributed by atoms with Crippen LogP contribution in [0.2, 0.25) is 0 Å². The fraction of sp³-hybridized carbons (Fsp3) is 0.227. The van der Waals surface area contributed by atoms with E-state index in [9.17, 15) is 13.2 Å². The number of aryl methyl sites for hydroxylation is 1. The lowest BCUT2D eigenvalue weighted by molar-refractivity contribution is 0.0982. The number of hydrogen-bond donors (Lipinski definition) is 0. The molecule has 0 N–H and O–H groups in total. The first-order valence-electron chi connectivity index (χ1n) is 9.85. The van der Waals surface area contributed by atoms with Crippen LogP contribution in [0, 0.1) is 0 Å². The molecule has 0 spiro atoms.